The molecular weight excluding hydrogens is 294 g/mol. The van der Waals surface area contributed by atoms with Crippen molar-refractivity contribution in [2.45, 2.75) is 40.0 Å². The molecule has 1 amide bonds. The molecule has 0 bridgehead atoms. The van der Waals surface area contributed by atoms with Crippen molar-refractivity contribution in [3.63, 3.8) is 0 Å². The molecule has 0 saturated carbocycles. The van der Waals surface area contributed by atoms with E-state index in [2.05, 4.69) is 21.2 Å². The van der Waals surface area contributed by atoms with Crippen LogP contribution in [0, 0.1) is 0 Å². The Balaban J connectivity index is 3.05. The Kier molecular flexibility index (Phi) is 5.54. The van der Waals surface area contributed by atoms with Crippen molar-refractivity contribution in [1.29, 1.82) is 0 Å². The average molecular weight is 312 g/mol. The molecule has 0 unspecified atom stereocenters. The number of halogens is 1. The molecule has 0 fully saturated rings. The van der Waals surface area contributed by atoms with Crippen LogP contribution in [-0.2, 0) is 22.4 Å². The molecular formula is C14H18BrNO2. The molecule has 1 N–H and O–H groups in total. The number of Topliss-reactive ketones (excluding diaryl/α,β-unsaturated/α-hetero) is 1. The zero-order valence-corrected chi connectivity index (χ0v) is 12.6. The summed E-state index contributed by atoms with van der Waals surface area (Å²) in [5.74, 6) is -0.366. The molecule has 18 heavy (non-hydrogen) atoms. The number of hydrogen-bond acceptors (Lipinski definition) is 2. The van der Waals surface area contributed by atoms with Crippen LogP contribution in [0.15, 0.2) is 16.6 Å². The third kappa shape index (κ3) is 3.95. The molecule has 0 radical (unpaired) electrons. The molecule has 1 aromatic rings. The van der Waals surface area contributed by atoms with Crippen LogP contribution in [0.2, 0.25) is 0 Å². The maximum atomic E-state index is 11.7. The summed E-state index contributed by atoms with van der Waals surface area (Å²) < 4.78 is 1.01. The Morgan fingerprint density at radius 1 is 1.17 bits per heavy atom. The van der Waals surface area contributed by atoms with Gasteiger partial charge in [-0.15, -0.1) is 0 Å². The zero-order valence-electron chi connectivity index (χ0n) is 11.0. The van der Waals surface area contributed by atoms with Gasteiger partial charge in [0.15, 0.2) is 0 Å². The first-order valence-corrected chi connectivity index (χ1v) is 6.87. The Labute approximate surface area is 116 Å². The highest BCUT2D eigenvalue weighted by Crippen LogP contribution is 2.27. The summed E-state index contributed by atoms with van der Waals surface area (Å²) in [7, 11) is 0. The molecule has 0 spiro atoms. The summed E-state index contributed by atoms with van der Waals surface area (Å²) in [6.07, 6.45) is 1.60. The first kappa shape index (κ1) is 14.9. The summed E-state index contributed by atoms with van der Waals surface area (Å²) >= 11 is 3.47. The number of carbonyl (C=O) groups excluding carboxylic acids is 2. The van der Waals surface area contributed by atoms with Crippen molar-refractivity contribution in [2.24, 2.45) is 0 Å². The summed E-state index contributed by atoms with van der Waals surface area (Å²) in [6.45, 7) is 5.51. The number of rotatable bonds is 5. The minimum Gasteiger partial charge on any atom is -0.325 e. The zero-order chi connectivity index (χ0) is 13.7. The van der Waals surface area contributed by atoms with Gasteiger partial charge in [-0.25, -0.2) is 0 Å². The second-order valence-corrected chi connectivity index (χ2v) is 5.15. The van der Waals surface area contributed by atoms with Crippen LogP contribution in [0.4, 0.5) is 5.69 Å². The van der Waals surface area contributed by atoms with Gasteiger partial charge in [0.2, 0.25) is 5.91 Å². The minimum atomic E-state index is -0.241. The van der Waals surface area contributed by atoms with Gasteiger partial charge in [0.05, 0.1) is 6.42 Å². The third-order valence-electron chi connectivity index (χ3n) is 2.70. The molecule has 3 nitrogen and oxygen atoms in total. The average Bonchev–Trinajstić information content (AvgIpc) is 2.29. The number of aryl methyl sites for hydroxylation is 2. The summed E-state index contributed by atoms with van der Waals surface area (Å²) in [5, 5.41) is 2.86. The molecule has 98 valence electrons. The van der Waals surface area contributed by atoms with Gasteiger partial charge in [0, 0.05) is 10.2 Å². The predicted octanol–water partition coefficient (Wildman–Crippen LogP) is 3.49. The topological polar surface area (TPSA) is 46.2 Å². The van der Waals surface area contributed by atoms with Crippen LogP contribution in [0.1, 0.15) is 38.3 Å². The number of hydrogen-bond donors (Lipinski definition) is 1. The van der Waals surface area contributed by atoms with Gasteiger partial charge in [0.25, 0.3) is 0 Å². The fourth-order valence-electron chi connectivity index (χ4n) is 1.85. The van der Waals surface area contributed by atoms with Gasteiger partial charge in [-0.05, 0) is 43.0 Å². The third-order valence-corrected chi connectivity index (χ3v) is 3.16. The Hall–Kier alpha value is -1.16. The molecule has 4 heteroatoms. The van der Waals surface area contributed by atoms with Crippen molar-refractivity contribution in [2.75, 3.05) is 5.32 Å². The molecule has 0 aromatic heterocycles. The van der Waals surface area contributed by atoms with Crippen LogP contribution in [0.25, 0.3) is 0 Å². The number of carbonyl (C=O) groups is 2. The number of benzene rings is 1. The van der Waals surface area contributed by atoms with E-state index in [4.69, 9.17) is 0 Å². The monoisotopic (exact) mass is 311 g/mol. The van der Waals surface area contributed by atoms with Crippen molar-refractivity contribution in [3.8, 4) is 0 Å². The van der Waals surface area contributed by atoms with Crippen LogP contribution in [-0.4, -0.2) is 11.7 Å². The van der Waals surface area contributed by atoms with Gasteiger partial charge in [-0.1, -0.05) is 29.8 Å². The normalized spacial score (nSPS) is 10.2. The van der Waals surface area contributed by atoms with Gasteiger partial charge >= 0.3 is 0 Å². The van der Waals surface area contributed by atoms with E-state index in [0.717, 1.165) is 34.1 Å². The SMILES string of the molecule is CCc1cc(Br)cc(CC)c1NC(=O)CC(C)=O. The van der Waals surface area contributed by atoms with Gasteiger partial charge in [-0.3, -0.25) is 9.59 Å². The van der Waals surface area contributed by atoms with E-state index in [1.165, 1.54) is 6.92 Å². The lowest BCUT2D eigenvalue weighted by Crippen LogP contribution is -2.17. The van der Waals surface area contributed by atoms with E-state index in [1.54, 1.807) is 0 Å². The second kappa shape index (κ2) is 6.69. The van der Waals surface area contributed by atoms with Crippen molar-refractivity contribution < 1.29 is 9.59 Å². The van der Waals surface area contributed by atoms with Gasteiger partial charge in [-0.2, -0.15) is 0 Å². The highest BCUT2D eigenvalue weighted by Gasteiger charge is 2.12. The molecule has 0 saturated heterocycles. The van der Waals surface area contributed by atoms with Crippen LogP contribution in [0.3, 0.4) is 0 Å². The van der Waals surface area contributed by atoms with E-state index in [9.17, 15) is 9.59 Å². The molecule has 0 heterocycles. The predicted molar refractivity (Wildman–Crippen MR) is 76.8 cm³/mol. The first-order valence-electron chi connectivity index (χ1n) is 6.08. The minimum absolute atomic E-state index is 0.0671. The Morgan fingerprint density at radius 2 is 1.67 bits per heavy atom. The van der Waals surface area contributed by atoms with Crippen molar-refractivity contribution in [3.05, 3.63) is 27.7 Å². The quantitative estimate of drug-likeness (QED) is 0.846. The van der Waals surface area contributed by atoms with E-state index >= 15 is 0 Å². The number of anilines is 1. The van der Waals surface area contributed by atoms with Crippen molar-refractivity contribution in [1.82, 2.24) is 0 Å². The Morgan fingerprint density at radius 3 is 2.06 bits per heavy atom. The van der Waals surface area contributed by atoms with Crippen LogP contribution < -0.4 is 5.32 Å². The molecule has 0 atom stereocenters. The van der Waals surface area contributed by atoms with Crippen molar-refractivity contribution >= 4 is 33.3 Å². The molecule has 1 aromatic carbocycles. The summed E-state index contributed by atoms with van der Waals surface area (Å²) in [6, 6.07) is 4.01. The lowest BCUT2D eigenvalue weighted by Gasteiger charge is -2.15. The van der Waals surface area contributed by atoms with E-state index in [1.807, 2.05) is 26.0 Å². The molecule has 0 aliphatic carbocycles. The van der Waals surface area contributed by atoms with E-state index < -0.39 is 0 Å². The fraction of sp³-hybridized carbons (Fsp3) is 0.429. The Bertz CT molecular complexity index is 444. The van der Waals surface area contributed by atoms with Crippen LogP contribution >= 0.6 is 15.9 Å². The molecule has 0 aliphatic heterocycles. The lowest BCUT2D eigenvalue weighted by atomic mass is 10.0. The number of ketones is 1. The number of nitrogens with one attached hydrogen (secondary N) is 1. The highest BCUT2D eigenvalue weighted by molar-refractivity contribution is 9.10. The highest BCUT2D eigenvalue weighted by atomic mass is 79.9. The first-order chi connectivity index (χ1) is 8.47. The lowest BCUT2D eigenvalue weighted by molar-refractivity contribution is -0.124. The van der Waals surface area contributed by atoms with E-state index in [0.29, 0.717) is 0 Å². The largest absolute Gasteiger partial charge is 0.325 e. The summed E-state index contributed by atoms with van der Waals surface area (Å²) in [4.78, 5) is 22.6. The standard InChI is InChI=1S/C14H18BrNO2/c1-4-10-7-12(15)8-11(5-2)14(10)16-13(18)6-9(3)17/h7-8H,4-6H2,1-3H3,(H,16,18). The van der Waals surface area contributed by atoms with Crippen LogP contribution in [0.5, 0.6) is 0 Å². The molecule has 0 aliphatic rings. The fourth-order valence-corrected chi connectivity index (χ4v) is 2.41. The number of amides is 1. The molecule has 1 rings (SSSR count). The van der Waals surface area contributed by atoms with Gasteiger partial charge in [0.1, 0.15) is 5.78 Å². The second-order valence-electron chi connectivity index (χ2n) is 4.23. The maximum absolute atomic E-state index is 11.7. The maximum Gasteiger partial charge on any atom is 0.231 e. The van der Waals surface area contributed by atoms with Gasteiger partial charge < -0.3 is 5.32 Å². The summed E-state index contributed by atoms with van der Waals surface area (Å²) in [5.41, 5.74) is 3.02. The smallest absolute Gasteiger partial charge is 0.231 e. The van der Waals surface area contributed by atoms with E-state index in [-0.39, 0.29) is 18.1 Å².